The van der Waals surface area contributed by atoms with E-state index >= 15 is 0 Å². The summed E-state index contributed by atoms with van der Waals surface area (Å²) in [5.41, 5.74) is 1.40. The Morgan fingerprint density at radius 3 is 2.36 bits per heavy atom. The van der Waals surface area contributed by atoms with Crippen molar-refractivity contribution in [1.29, 1.82) is 0 Å². The van der Waals surface area contributed by atoms with E-state index in [9.17, 15) is 13.2 Å². The molecule has 2 aliphatic rings. The van der Waals surface area contributed by atoms with Crippen molar-refractivity contribution < 1.29 is 13.2 Å². The van der Waals surface area contributed by atoms with Crippen LogP contribution in [-0.4, -0.2) is 56.9 Å². The summed E-state index contributed by atoms with van der Waals surface area (Å²) in [5.74, 6) is 0.309. The Bertz CT molecular complexity index is 625. The largest absolute Gasteiger partial charge is 0.354 e. The lowest BCUT2D eigenvalue weighted by Gasteiger charge is -2.26. The molecule has 0 spiro atoms. The molecular formula is C16H22N2O3S. The number of hydrogen-bond donors (Lipinski definition) is 1. The minimum atomic E-state index is -2.89. The van der Waals surface area contributed by atoms with Gasteiger partial charge in [0, 0.05) is 25.0 Å². The summed E-state index contributed by atoms with van der Waals surface area (Å²) in [7, 11) is -2.89. The minimum absolute atomic E-state index is 0.0125. The third-order valence-electron chi connectivity index (χ3n) is 4.67. The summed E-state index contributed by atoms with van der Waals surface area (Å²) >= 11 is 0. The summed E-state index contributed by atoms with van der Waals surface area (Å²) in [6.45, 7) is 1.88. The van der Waals surface area contributed by atoms with Crippen molar-refractivity contribution in [2.24, 2.45) is 0 Å². The first-order valence-electron chi connectivity index (χ1n) is 7.74. The van der Waals surface area contributed by atoms with E-state index in [1.807, 2.05) is 23.1 Å². The maximum absolute atomic E-state index is 12.1. The number of amides is 1. The van der Waals surface area contributed by atoms with Crippen LogP contribution >= 0.6 is 0 Å². The second kappa shape index (κ2) is 6.01. The third kappa shape index (κ3) is 3.67. The molecule has 1 amide bonds. The highest BCUT2D eigenvalue weighted by atomic mass is 32.2. The van der Waals surface area contributed by atoms with Crippen LogP contribution in [0.25, 0.3) is 0 Å². The van der Waals surface area contributed by atoms with Crippen molar-refractivity contribution in [3.63, 3.8) is 0 Å². The van der Waals surface area contributed by atoms with Crippen molar-refractivity contribution in [3.8, 4) is 0 Å². The van der Waals surface area contributed by atoms with Gasteiger partial charge in [-0.3, -0.25) is 9.69 Å². The Balaban J connectivity index is 1.47. The minimum Gasteiger partial charge on any atom is -0.354 e. The summed E-state index contributed by atoms with van der Waals surface area (Å²) < 4.78 is 22.8. The van der Waals surface area contributed by atoms with Gasteiger partial charge in [-0.05, 0) is 18.4 Å². The van der Waals surface area contributed by atoms with Crippen LogP contribution in [-0.2, 0) is 20.0 Å². The molecule has 1 aliphatic heterocycles. The third-order valence-corrected chi connectivity index (χ3v) is 6.28. The van der Waals surface area contributed by atoms with E-state index < -0.39 is 9.84 Å². The number of sulfone groups is 1. The highest BCUT2D eigenvalue weighted by Gasteiger charge is 2.44. The quantitative estimate of drug-likeness (QED) is 0.860. The van der Waals surface area contributed by atoms with Gasteiger partial charge in [-0.1, -0.05) is 30.3 Å². The van der Waals surface area contributed by atoms with Gasteiger partial charge in [-0.15, -0.1) is 0 Å². The van der Waals surface area contributed by atoms with E-state index in [4.69, 9.17) is 0 Å². The number of carbonyl (C=O) groups is 1. The van der Waals surface area contributed by atoms with Gasteiger partial charge in [0.05, 0.1) is 18.1 Å². The molecule has 5 nitrogen and oxygen atoms in total. The molecule has 3 rings (SSSR count). The molecule has 1 N–H and O–H groups in total. The van der Waals surface area contributed by atoms with Gasteiger partial charge in [-0.25, -0.2) is 8.42 Å². The van der Waals surface area contributed by atoms with Gasteiger partial charge in [-0.2, -0.15) is 0 Å². The van der Waals surface area contributed by atoms with Gasteiger partial charge in [0.25, 0.3) is 0 Å². The first kappa shape index (κ1) is 15.5. The Hall–Kier alpha value is -1.40. The molecule has 0 aromatic heterocycles. The molecule has 1 heterocycles. The number of hydrogen-bond acceptors (Lipinski definition) is 4. The van der Waals surface area contributed by atoms with Gasteiger partial charge >= 0.3 is 0 Å². The lowest BCUT2D eigenvalue weighted by Crippen LogP contribution is -2.46. The van der Waals surface area contributed by atoms with Gasteiger partial charge in [0.2, 0.25) is 5.91 Å². The highest BCUT2D eigenvalue weighted by molar-refractivity contribution is 7.91. The van der Waals surface area contributed by atoms with Crippen LogP contribution < -0.4 is 5.32 Å². The Morgan fingerprint density at radius 2 is 1.77 bits per heavy atom. The average Bonchev–Trinajstić information content (AvgIpc) is 3.30. The molecule has 0 unspecified atom stereocenters. The highest BCUT2D eigenvalue weighted by Crippen LogP contribution is 2.47. The van der Waals surface area contributed by atoms with E-state index in [2.05, 4.69) is 17.4 Å². The second-order valence-electron chi connectivity index (χ2n) is 6.35. The molecule has 2 fully saturated rings. The van der Waals surface area contributed by atoms with Crippen LogP contribution in [0.5, 0.6) is 0 Å². The predicted octanol–water partition coefficient (Wildman–Crippen LogP) is 0.565. The van der Waals surface area contributed by atoms with Crippen molar-refractivity contribution in [3.05, 3.63) is 35.9 Å². The molecule has 22 heavy (non-hydrogen) atoms. The first-order valence-corrected chi connectivity index (χ1v) is 9.56. The van der Waals surface area contributed by atoms with Gasteiger partial charge < -0.3 is 5.32 Å². The fraction of sp³-hybridized carbons (Fsp3) is 0.562. The van der Waals surface area contributed by atoms with E-state index in [1.165, 1.54) is 5.56 Å². The molecule has 1 aromatic rings. The zero-order chi connectivity index (χ0) is 15.6. The molecule has 0 bridgehead atoms. The van der Waals surface area contributed by atoms with Gasteiger partial charge in [0.1, 0.15) is 0 Å². The van der Waals surface area contributed by atoms with Crippen molar-refractivity contribution >= 4 is 15.7 Å². The van der Waals surface area contributed by atoms with Crippen LogP contribution in [0, 0.1) is 0 Å². The van der Waals surface area contributed by atoms with E-state index in [1.54, 1.807) is 0 Å². The monoisotopic (exact) mass is 322 g/mol. The normalized spacial score (nSPS) is 22.9. The Kier molecular flexibility index (Phi) is 4.23. The summed E-state index contributed by atoms with van der Waals surface area (Å²) in [4.78, 5) is 14.0. The second-order valence-corrected chi connectivity index (χ2v) is 8.65. The number of nitrogens with one attached hydrogen (secondary N) is 1. The van der Waals surface area contributed by atoms with Crippen LogP contribution in [0.1, 0.15) is 18.4 Å². The Labute approximate surface area is 131 Å². The topological polar surface area (TPSA) is 66.5 Å². The summed E-state index contributed by atoms with van der Waals surface area (Å²) in [5, 5.41) is 3.02. The molecule has 1 saturated heterocycles. The van der Waals surface area contributed by atoms with E-state index in [0.29, 0.717) is 26.2 Å². The SMILES string of the molecule is O=C(CN1CCS(=O)(=O)CC1)NCC1(c2ccccc2)CC1. The maximum Gasteiger partial charge on any atom is 0.234 e. The molecule has 1 saturated carbocycles. The smallest absolute Gasteiger partial charge is 0.234 e. The molecule has 0 radical (unpaired) electrons. The molecule has 120 valence electrons. The predicted molar refractivity (Wildman–Crippen MR) is 85.5 cm³/mol. The summed E-state index contributed by atoms with van der Waals surface area (Å²) in [6, 6.07) is 10.3. The van der Waals surface area contributed by atoms with Crippen molar-refractivity contribution in [1.82, 2.24) is 10.2 Å². The zero-order valence-corrected chi connectivity index (χ0v) is 13.4. The first-order chi connectivity index (χ1) is 10.5. The van der Waals surface area contributed by atoms with Crippen molar-refractivity contribution in [2.75, 3.05) is 37.7 Å². The number of benzene rings is 1. The van der Waals surface area contributed by atoms with E-state index in [-0.39, 0.29) is 22.8 Å². The van der Waals surface area contributed by atoms with Crippen LogP contribution in [0.2, 0.25) is 0 Å². The number of nitrogens with zero attached hydrogens (tertiary/aromatic N) is 1. The molecule has 1 aliphatic carbocycles. The fourth-order valence-corrected chi connectivity index (χ4v) is 4.22. The number of carbonyl (C=O) groups excluding carboxylic acids is 1. The van der Waals surface area contributed by atoms with Crippen LogP contribution in [0.3, 0.4) is 0 Å². The average molecular weight is 322 g/mol. The fourth-order valence-electron chi connectivity index (χ4n) is 2.95. The zero-order valence-electron chi connectivity index (χ0n) is 12.6. The lowest BCUT2D eigenvalue weighted by atomic mass is 9.96. The molecule has 0 atom stereocenters. The van der Waals surface area contributed by atoms with E-state index in [0.717, 1.165) is 12.8 Å². The van der Waals surface area contributed by atoms with Crippen molar-refractivity contribution in [2.45, 2.75) is 18.3 Å². The van der Waals surface area contributed by atoms with Crippen LogP contribution in [0.15, 0.2) is 30.3 Å². The molecule has 6 heteroatoms. The Morgan fingerprint density at radius 1 is 1.14 bits per heavy atom. The lowest BCUT2D eigenvalue weighted by molar-refractivity contribution is -0.122. The van der Waals surface area contributed by atoms with Crippen LogP contribution in [0.4, 0.5) is 0 Å². The number of rotatable bonds is 5. The standard InChI is InChI=1S/C16H22N2O3S/c19-15(12-18-8-10-22(20,21)11-9-18)17-13-16(6-7-16)14-4-2-1-3-5-14/h1-5H,6-13H2,(H,17,19). The summed E-state index contributed by atoms with van der Waals surface area (Å²) in [6.07, 6.45) is 2.22. The molecular weight excluding hydrogens is 300 g/mol. The maximum atomic E-state index is 12.1. The van der Waals surface area contributed by atoms with Gasteiger partial charge in [0.15, 0.2) is 9.84 Å². The molecule has 1 aromatic carbocycles.